The van der Waals surface area contributed by atoms with E-state index in [9.17, 15) is 4.79 Å². The van der Waals surface area contributed by atoms with Crippen molar-refractivity contribution in [3.63, 3.8) is 0 Å². The second-order valence-electron chi connectivity index (χ2n) is 5.61. The highest BCUT2D eigenvalue weighted by atomic mass is 32.1. The van der Waals surface area contributed by atoms with Crippen LogP contribution in [0.1, 0.15) is 22.4 Å². The molecule has 0 atom stereocenters. The van der Waals surface area contributed by atoms with Gasteiger partial charge in [0, 0.05) is 17.7 Å². The molecule has 24 heavy (non-hydrogen) atoms. The van der Waals surface area contributed by atoms with Gasteiger partial charge in [0.1, 0.15) is 12.4 Å². The van der Waals surface area contributed by atoms with E-state index in [1.165, 1.54) is 0 Å². The Morgan fingerprint density at radius 3 is 2.50 bits per heavy atom. The Hall–Kier alpha value is -2.66. The van der Waals surface area contributed by atoms with Crippen molar-refractivity contribution in [3.05, 3.63) is 92.1 Å². The Morgan fingerprint density at radius 2 is 1.75 bits per heavy atom. The van der Waals surface area contributed by atoms with E-state index in [1.54, 1.807) is 0 Å². The van der Waals surface area contributed by atoms with Crippen molar-refractivity contribution < 1.29 is 4.74 Å². The van der Waals surface area contributed by atoms with Crippen LogP contribution in [0.5, 0.6) is 5.75 Å². The van der Waals surface area contributed by atoms with Crippen molar-refractivity contribution in [3.8, 4) is 5.75 Å². The van der Waals surface area contributed by atoms with E-state index in [2.05, 4.69) is 9.97 Å². The van der Waals surface area contributed by atoms with Crippen LogP contribution < -0.4 is 10.3 Å². The van der Waals surface area contributed by atoms with Gasteiger partial charge in [-0.15, -0.1) is 0 Å². The fraction of sp³-hybridized carbons (Fsp3) is 0.158. The molecule has 0 amide bonds. The number of rotatable bonds is 5. The molecule has 0 bridgehead atoms. The van der Waals surface area contributed by atoms with Crippen LogP contribution in [0.3, 0.4) is 0 Å². The Kier molecular flexibility index (Phi) is 4.91. The molecule has 0 aliphatic carbocycles. The van der Waals surface area contributed by atoms with E-state index < -0.39 is 0 Å². The first-order chi connectivity index (χ1) is 11.6. The molecule has 0 saturated heterocycles. The number of ether oxygens (including phenoxy) is 1. The second-order valence-corrected chi connectivity index (χ2v) is 6.02. The minimum Gasteiger partial charge on any atom is -0.489 e. The van der Waals surface area contributed by atoms with Gasteiger partial charge < -0.3 is 9.72 Å². The van der Waals surface area contributed by atoms with Crippen LogP contribution in [-0.4, -0.2) is 9.97 Å². The van der Waals surface area contributed by atoms with E-state index in [0.717, 1.165) is 22.6 Å². The predicted molar refractivity (Wildman–Crippen MR) is 97.0 cm³/mol. The fourth-order valence-corrected chi connectivity index (χ4v) is 2.77. The summed E-state index contributed by atoms with van der Waals surface area (Å²) in [6.45, 7) is 2.37. The van der Waals surface area contributed by atoms with Gasteiger partial charge in [-0.25, -0.2) is 0 Å². The molecular weight excluding hydrogens is 320 g/mol. The topological polar surface area (TPSA) is 57.9 Å². The summed E-state index contributed by atoms with van der Waals surface area (Å²) in [6, 6.07) is 17.8. The summed E-state index contributed by atoms with van der Waals surface area (Å²) < 4.78 is 6.19. The number of aromatic amines is 2. The predicted octanol–water partition coefficient (Wildman–Crippen LogP) is 3.91. The van der Waals surface area contributed by atoms with Crippen molar-refractivity contribution in [1.29, 1.82) is 0 Å². The van der Waals surface area contributed by atoms with Gasteiger partial charge in [0.05, 0.1) is 0 Å². The second kappa shape index (κ2) is 7.27. The normalized spacial score (nSPS) is 10.5. The first kappa shape index (κ1) is 16.2. The highest BCUT2D eigenvalue weighted by Crippen LogP contribution is 2.17. The lowest BCUT2D eigenvalue weighted by Crippen LogP contribution is -2.16. The van der Waals surface area contributed by atoms with Crippen LogP contribution in [0.25, 0.3) is 0 Å². The lowest BCUT2D eigenvalue weighted by Gasteiger charge is -2.09. The summed E-state index contributed by atoms with van der Waals surface area (Å²) in [4.78, 5) is 17.7. The van der Waals surface area contributed by atoms with E-state index in [4.69, 9.17) is 17.0 Å². The van der Waals surface area contributed by atoms with E-state index in [1.807, 2.05) is 61.5 Å². The maximum Gasteiger partial charge on any atom is 0.255 e. The smallest absolute Gasteiger partial charge is 0.255 e. The monoisotopic (exact) mass is 338 g/mol. The molecule has 0 aliphatic rings. The Bertz CT molecular complexity index is 945. The molecule has 1 aromatic heterocycles. The minimum absolute atomic E-state index is 0.146. The Balaban J connectivity index is 1.76. The average Bonchev–Trinajstić information content (AvgIpc) is 2.58. The fourth-order valence-electron chi connectivity index (χ4n) is 2.53. The van der Waals surface area contributed by atoms with Crippen molar-refractivity contribution in [2.45, 2.75) is 20.0 Å². The van der Waals surface area contributed by atoms with Crippen molar-refractivity contribution in [2.24, 2.45) is 0 Å². The van der Waals surface area contributed by atoms with Gasteiger partial charge in [0.2, 0.25) is 0 Å². The zero-order valence-electron chi connectivity index (χ0n) is 13.3. The zero-order valence-corrected chi connectivity index (χ0v) is 14.2. The van der Waals surface area contributed by atoms with Gasteiger partial charge in [0.25, 0.3) is 5.56 Å². The molecule has 4 nitrogen and oxygen atoms in total. The zero-order chi connectivity index (χ0) is 16.9. The molecule has 0 fully saturated rings. The number of hydrogen-bond donors (Lipinski definition) is 2. The number of aryl methyl sites for hydroxylation is 1. The summed E-state index contributed by atoms with van der Waals surface area (Å²) in [5.41, 5.74) is 3.46. The van der Waals surface area contributed by atoms with Gasteiger partial charge >= 0.3 is 0 Å². The molecule has 2 N–H and O–H groups in total. The molecule has 0 unspecified atom stereocenters. The lowest BCUT2D eigenvalue weighted by molar-refractivity contribution is 0.306. The maximum atomic E-state index is 12.1. The van der Waals surface area contributed by atoms with Crippen LogP contribution in [0.15, 0.2) is 59.4 Å². The van der Waals surface area contributed by atoms with E-state index in [-0.39, 0.29) is 5.56 Å². The molecule has 0 saturated carbocycles. The largest absolute Gasteiger partial charge is 0.489 e. The molecule has 5 heteroatoms. The Morgan fingerprint density at radius 1 is 1.00 bits per heavy atom. The molecular formula is C19H18N2O2S. The Labute approximate surface area is 145 Å². The third-order valence-electron chi connectivity index (χ3n) is 3.78. The molecule has 1 heterocycles. The summed E-state index contributed by atoms with van der Waals surface area (Å²) >= 11 is 4.98. The molecule has 3 rings (SSSR count). The average molecular weight is 338 g/mol. The molecule has 2 aromatic carbocycles. The summed E-state index contributed by atoms with van der Waals surface area (Å²) in [5.74, 6) is 0.786. The first-order valence-corrected chi connectivity index (χ1v) is 8.10. The summed E-state index contributed by atoms with van der Waals surface area (Å²) in [5, 5.41) is 0. The first-order valence-electron chi connectivity index (χ1n) is 7.69. The molecule has 122 valence electrons. The highest BCUT2D eigenvalue weighted by molar-refractivity contribution is 7.71. The number of aromatic nitrogens is 2. The van der Waals surface area contributed by atoms with Crippen LogP contribution >= 0.6 is 12.2 Å². The van der Waals surface area contributed by atoms with Crippen molar-refractivity contribution in [1.82, 2.24) is 9.97 Å². The van der Waals surface area contributed by atoms with Crippen LogP contribution in [-0.2, 0) is 13.0 Å². The number of hydrogen-bond acceptors (Lipinski definition) is 3. The number of nitrogens with one attached hydrogen (secondary N) is 2. The lowest BCUT2D eigenvalue weighted by atomic mass is 10.0. The quantitative estimate of drug-likeness (QED) is 0.694. The molecule has 0 radical (unpaired) electrons. The maximum absolute atomic E-state index is 12.1. The number of H-pyrrole nitrogens is 2. The van der Waals surface area contributed by atoms with Gasteiger partial charge in [-0.1, -0.05) is 42.5 Å². The molecule has 0 spiro atoms. The van der Waals surface area contributed by atoms with Crippen LogP contribution in [0.2, 0.25) is 0 Å². The standard InChI is InChI=1S/C19H18N2O2S/c1-13-17(18(22)21-19(24)20-13)11-15-8-5-9-16(10-15)23-12-14-6-3-2-4-7-14/h2-10H,11-12H2,1H3,(H2,20,21,22,24). The van der Waals surface area contributed by atoms with Gasteiger partial charge in [-0.2, -0.15) is 0 Å². The van der Waals surface area contributed by atoms with Crippen LogP contribution in [0, 0.1) is 11.7 Å². The highest BCUT2D eigenvalue weighted by Gasteiger charge is 2.07. The third-order valence-corrected chi connectivity index (χ3v) is 3.99. The third kappa shape index (κ3) is 4.00. The molecule has 3 aromatic rings. The van der Waals surface area contributed by atoms with Crippen molar-refractivity contribution >= 4 is 12.2 Å². The van der Waals surface area contributed by atoms with E-state index in [0.29, 0.717) is 23.4 Å². The minimum atomic E-state index is -0.146. The van der Waals surface area contributed by atoms with Crippen molar-refractivity contribution in [2.75, 3.05) is 0 Å². The summed E-state index contributed by atoms with van der Waals surface area (Å²) in [7, 11) is 0. The van der Waals surface area contributed by atoms with Crippen LogP contribution in [0.4, 0.5) is 0 Å². The van der Waals surface area contributed by atoms with Gasteiger partial charge in [-0.05, 0) is 42.4 Å². The molecule has 0 aliphatic heterocycles. The van der Waals surface area contributed by atoms with Gasteiger partial charge in [0.15, 0.2) is 4.77 Å². The SMILES string of the molecule is Cc1[nH]c(=S)[nH]c(=O)c1Cc1cccc(OCc2ccccc2)c1. The number of benzene rings is 2. The van der Waals surface area contributed by atoms with Gasteiger partial charge in [-0.3, -0.25) is 9.78 Å². The van der Waals surface area contributed by atoms with E-state index >= 15 is 0 Å². The summed E-state index contributed by atoms with van der Waals surface area (Å²) in [6.07, 6.45) is 0.524.